The molecule has 0 atom stereocenters. The lowest BCUT2D eigenvalue weighted by molar-refractivity contribution is 0.0986. The predicted molar refractivity (Wildman–Crippen MR) is 70.3 cm³/mol. The van der Waals surface area contributed by atoms with Crippen molar-refractivity contribution >= 4 is 30.0 Å². The minimum absolute atomic E-state index is 0.0197. The lowest BCUT2D eigenvalue weighted by Crippen LogP contribution is -2.06. The summed E-state index contributed by atoms with van der Waals surface area (Å²) in [5.74, 6) is 1.13. The van der Waals surface area contributed by atoms with Gasteiger partial charge in [0, 0.05) is 11.4 Å². The van der Waals surface area contributed by atoms with Crippen LogP contribution in [0.1, 0.15) is 27.9 Å². The Kier molecular flexibility index (Phi) is 4.69. The molecule has 1 rings (SSSR count). The number of methoxy groups -OCH3 is 1. The maximum absolute atomic E-state index is 11.9. The number of thiol groups is 1. The van der Waals surface area contributed by atoms with Crippen LogP contribution in [-0.4, -0.2) is 18.6 Å². The first-order valence-electron chi connectivity index (χ1n) is 5.00. The molecule has 0 N–H and O–H groups in total. The monoisotopic (exact) mass is 258 g/mol. The summed E-state index contributed by atoms with van der Waals surface area (Å²) in [5.41, 5.74) is 2.27. The SMILES string of the molecule is COc1cc(C)c(Cl)c(C)c1C(=O)CCS. The lowest BCUT2D eigenvalue weighted by atomic mass is 9.99. The van der Waals surface area contributed by atoms with Crippen molar-refractivity contribution in [3.8, 4) is 5.75 Å². The van der Waals surface area contributed by atoms with E-state index in [-0.39, 0.29) is 5.78 Å². The number of benzene rings is 1. The predicted octanol–water partition coefficient (Wildman–Crippen LogP) is 3.47. The molecule has 0 saturated carbocycles. The van der Waals surface area contributed by atoms with E-state index in [1.54, 1.807) is 13.2 Å². The van der Waals surface area contributed by atoms with Crippen molar-refractivity contribution in [1.29, 1.82) is 0 Å². The van der Waals surface area contributed by atoms with Gasteiger partial charge in [-0.25, -0.2) is 0 Å². The third-order valence-electron chi connectivity index (χ3n) is 2.48. The highest BCUT2D eigenvalue weighted by molar-refractivity contribution is 7.80. The Morgan fingerprint density at radius 2 is 2.12 bits per heavy atom. The zero-order valence-electron chi connectivity index (χ0n) is 9.63. The second-order valence-electron chi connectivity index (χ2n) is 3.61. The van der Waals surface area contributed by atoms with Crippen LogP contribution in [0, 0.1) is 13.8 Å². The number of halogens is 1. The van der Waals surface area contributed by atoms with Crippen LogP contribution in [0.5, 0.6) is 5.75 Å². The van der Waals surface area contributed by atoms with Crippen molar-refractivity contribution in [2.24, 2.45) is 0 Å². The van der Waals surface area contributed by atoms with Crippen molar-refractivity contribution in [3.05, 3.63) is 27.8 Å². The van der Waals surface area contributed by atoms with E-state index in [9.17, 15) is 4.79 Å². The topological polar surface area (TPSA) is 26.3 Å². The third-order valence-corrected chi connectivity index (χ3v) is 3.29. The van der Waals surface area contributed by atoms with Gasteiger partial charge in [-0.3, -0.25) is 4.79 Å². The van der Waals surface area contributed by atoms with Gasteiger partial charge < -0.3 is 4.74 Å². The number of carbonyl (C=O) groups is 1. The van der Waals surface area contributed by atoms with Crippen LogP contribution < -0.4 is 4.74 Å². The average Bonchev–Trinajstić information content (AvgIpc) is 2.25. The molecular formula is C12H15ClO2S. The average molecular weight is 259 g/mol. The van der Waals surface area contributed by atoms with Crippen molar-refractivity contribution in [3.63, 3.8) is 0 Å². The highest BCUT2D eigenvalue weighted by Gasteiger charge is 2.18. The van der Waals surface area contributed by atoms with E-state index >= 15 is 0 Å². The highest BCUT2D eigenvalue weighted by atomic mass is 35.5. The van der Waals surface area contributed by atoms with Crippen LogP contribution in [-0.2, 0) is 0 Å². The summed E-state index contributed by atoms with van der Waals surface area (Å²) in [6.45, 7) is 3.73. The number of hydrogen-bond donors (Lipinski definition) is 1. The van der Waals surface area contributed by atoms with Gasteiger partial charge in [-0.05, 0) is 36.8 Å². The van der Waals surface area contributed by atoms with E-state index in [1.807, 2.05) is 13.8 Å². The molecule has 0 radical (unpaired) electrons. The molecule has 0 unspecified atom stereocenters. The van der Waals surface area contributed by atoms with Crippen LogP contribution in [0.15, 0.2) is 6.07 Å². The molecule has 4 heteroatoms. The summed E-state index contributed by atoms with van der Waals surface area (Å²) in [7, 11) is 1.56. The first-order chi connectivity index (χ1) is 7.52. The van der Waals surface area contributed by atoms with Gasteiger partial charge in [-0.15, -0.1) is 0 Å². The van der Waals surface area contributed by atoms with E-state index in [1.165, 1.54) is 0 Å². The van der Waals surface area contributed by atoms with Crippen LogP contribution in [0.4, 0.5) is 0 Å². The van der Waals surface area contributed by atoms with E-state index < -0.39 is 0 Å². The smallest absolute Gasteiger partial charge is 0.167 e. The Labute approximate surface area is 106 Å². The van der Waals surface area contributed by atoms with Gasteiger partial charge in [-0.1, -0.05) is 11.6 Å². The van der Waals surface area contributed by atoms with Crippen LogP contribution >= 0.6 is 24.2 Å². The molecule has 0 fully saturated rings. The van der Waals surface area contributed by atoms with E-state index in [2.05, 4.69) is 12.6 Å². The molecule has 16 heavy (non-hydrogen) atoms. The number of ether oxygens (including phenoxy) is 1. The van der Waals surface area contributed by atoms with E-state index in [0.717, 1.165) is 11.1 Å². The Hall–Kier alpha value is -0.670. The van der Waals surface area contributed by atoms with Crippen LogP contribution in [0.3, 0.4) is 0 Å². The number of aryl methyl sites for hydroxylation is 1. The molecule has 0 aliphatic rings. The molecule has 0 spiro atoms. The Bertz CT molecular complexity index is 416. The first kappa shape index (κ1) is 13.4. The van der Waals surface area contributed by atoms with E-state index in [0.29, 0.717) is 28.5 Å². The highest BCUT2D eigenvalue weighted by Crippen LogP contribution is 2.32. The normalized spacial score (nSPS) is 10.3. The van der Waals surface area contributed by atoms with Crippen LogP contribution in [0.2, 0.25) is 5.02 Å². The molecule has 2 nitrogen and oxygen atoms in total. The molecular weight excluding hydrogens is 244 g/mol. The number of ketones is 1. The maximum Gasteiger partial charge on any atom is 0.167 e. The van der Waals surface area contributed by atoms with Gasteiger partial charge in [0.1, 0.15) is 5.75 Å². The van der Waals surface area contributed by atoms with Gasteiger partial charge in [-0.2, -0.15) is 12.6 Å². The Morgan fingerprint density at radius 1 is 1.50 bits per heavy atom. The molecule has 0 bridgehead atoms. The molecule has 0 aliphatic carbocycles. The molecule has 0 amide bonds. The van der Waals surface area contributed by atoms with Gasteiger partial charge in [0.05, 0.1) is 12.7 Å². The summed E-state index contributed by atoms with van der Waals surface area (Å²) in [4.78, 5) is 11.9. The second kappa shape index (κ2) is 5.60. The molecule has 1 aromatic rings. The second-order valence-corrected chi connectivity index (χ2v) is 4.43. The van der Waals surface area contributed by atoms with Gasteiger partial charge in [0.25, 0.3) is 0 Å². The minimum Gasteiger partial charge on any atom is -0.496 e. The zero-order valence-corrected chi connectivity index (χ0v) is 11.3. The Morgan fingerprint density at radius 3 is 2.62 bits per heavy atom. The number of carbonyl (C=O) groups excluding carboxylic acids is 1. The van der Waals surface area contributed by atoms with Crippen molar-refractivity contribution < 1.29 is 9.53 Å². The molecule has 0 aliphatic heterocycles. The lowest BCUT2D eigenvalue weighted by Gasteiger charge is -2.13. The zero-order chi connectivity index (χ0) is 12.3. The summed E-state index contributed by atoms with van der Waals surface area (Å²) >= 11 is 10.2. The quantitative estimate of drug-likeness (QED) is 0.661. The summed E-state index contributed by atoms with van der Waals surface area (Å²) in [6, 6.07) is 1.79. The molecule has 0 aromatic heterocycles. The van der Waals surface area contributed by atoms with E-state index in [4.69, 9.17) is 16.3 Å². The number of Topliss-reactive ketones (excluding diaryl/α,β-unsaturated/α-hetero) is 1. The molecule has 1 aromatic carbocycles. The number of rotatable bonds is 4. The van der Waals surface area contributed by atoms with Crippen molar-refractivity contribution in [2.45, 2.75) is 20.3 Å². The fourth-order valence-electron chi connectivity index (χ4n) is 1.66. The van der Waals surface area contributed by atoms with Gasteiger partial charge >= 0.3 is 0 Å². The standard InChI is InChI=1S/C12H15ClO2S/c1-7-6-10(15-3)11(8(2)12(7)13)9(14)4-5-16/h6,16H,4-5H2,1-3H3. The fraction of sp³-hybridized carbons (Fsp3) is 0.417. The molecule has 88 valence electrons. The summed E-state index contributed by atoms with van der Waals surface area (Å²) in [5, 5.41) is 0.628. The van der Waals surface area contributed by atoms with Crippen molar-refractivity contribution in [2.75, 3.05) is 12.9 Å². The fourth-order valence-corrected chi connectivity index (χ4v) is 2.01. The first-order valence-corrected chi connectivity index (χ1v) is 6.01. The van der Waals surface area contributed by atoms with Gasteiger partial charge in [0.15, 0.2) is 5.78 Å². The summed E-state index contributed by atoms with van der Waals surface area (Å²) in [6.07, 6.45) is 0.389. The maximum atomic E-state index is 11.9. The largest absolute Gasteiger partial charge is 0.496 e. The minimum atomic E-state index is 0.0197. The summed E-state index contributed by atoms with van der Waals surface area (Å²) < 4.78 is 5.23. The third kappa shape index (κ3) is 2.53. The molecule has 0 saturated heterocycles. The van der Waals surface area contributed by atoms with Crippen molar-refractivity contribution in [1.82, 2.24) is 0 Å². The van der Waals surface area contributed by atoms with Crippen LogP contribution in [0.25, 0.3) is 0 Å². The van der Waals surface area contributed by atoms with Gasteiger partial charge in [0.2, 0.25) is 0 Å². The number of hydrogen-bond acceptors (Lipinski definition) is 3. The Balaban J connectivity index is 3.35. The molecule has 0 heterocycles.